The Kier molecular flexibility index (Phi) is 2.73. The minimum atomic E-state index is -1.51. The molecule has 0 bridgehead atoms. The molecular weight excluding hydrogens is 176 g/mol. The zero-order chi connectivity index (χ0) is 13.1. The van der Waals surface area contributed by atoms with E-state index in [1.165, 1.54) is 13.8 Å². The van der Waals surface area contributed by atoms with Crippen LogP contribution in [0, 0.1) is 5.89 Å². The third-order valence-corrected chi connectivity index (χ3v) is 1.60. The molecule has 0 aliphatic rings. The first kappa shape index (κ1) is 7.04. The van der Waals surface area contributed by atoms with Gasteiger partial charge in [0.05, 0.1) is 7.95 Å². The second kappa shape index (κ2) is 5.43. The molecule has 0 fully saturated rings. The van der Waals surface area contributed by atoms with E-state index in [1.807, 2.05) is 6.07 Å². The van der Waals surface area contributed by atoms with E-state index in [-0.39, 0.29) is 0 Å². The first-order valence-corrected chi connectivity index (χ1v) is 4.42. The van der Waals surface area contributed by atoms with Crippen molar-refractivity contribution >= 4 is 5.97 Å². The molecule has 0 aliphatic carbocycles. The number of hydrogen-bond acceptors (Lipinski definition) is 2. The van der Waals surface area contributed by atoms with Crippen LogP contribution in [0.2, 0.25) is 0 Å². The van der Waals surface area contributed by atoms with Crippen molar-refractivity contribution in [1.29, 1.82) is 0 Å². The summed E-state index contributed by atoms with van der Waals surface area (Å²) in [6.45, 7) is 1.25. The van der Waals surface area contributed by atoms with Crippen molar-refractivity contribution in [2.24, 2.45) is 5.89 Å². The van der Waals surface area contributed by atoms with E-state index in [4.69, 9.17) is 4.11 Å². The summed E-state index contributed by atoms with van der Waals surface area (Å²) in [6.07, 6.45) is -0.939. The van der Waals surface area contributed by atoms with Crippen LogP contribution in [0.15, 0.2) is 30.3 Å². The molecule has 0 amide bonds. The van der Waals surface area contributed by atoms with Gasteiger partial charge in [-0.2, -0.15) is 0 Å². The van der Waals surface area contributed by atoms with E-state index in [1.54, 1.807) is 24.3 Å². The Balaban J connectivity index is 2.86. The van der Waals surface area contributed by atoms with Crippen LogP contribution in [-0.4, -0.2) is 12.6 Å². The minimum absolute atomic E-state index is 0.608. The maximum Gasteiger partial charge on any atom is 0.302 e. The van der Waals surface area contributed by atoms with E-state index in [0.717, 1.165) is 0 Å². The fourth-order valence-corrected chi connectivity index (χ4v) is 1.02. The van der Waals surface area contributed by atoms with Crippen LogP contribution < -0.4 is 0 Å². The molecule has 0 unspecified atom stereocenters. The van der Waals surface area contributed by atoms with Crippen molar-refractivity contribution in [3.8, 4) is 0 Å². The number of esters is 1. The summed E-state index contributed by atoms with van der Waals surface area (Å²) in [6, 6.07) is 8.83. The molecule has 0 saturated heterocycles. The van der Waals surface area contributed by atoms with Crippen molar-refractivity contribution in [3.05, 3.63) is 35.9 Å². The lowest BCUT2D eigenvalue weighted by molar-refractivity contribution is -0.142. The van der Waals surface area contributed by atoms with Gasteiger partial charge in [-0.05, 0) is 17.9 Å². The fourth-order valence-electron chi connectivity index (χ4n) is 1.02. The fraction of sp³-hybridized carbons (Fsp3) is 0.417. The van der Waals surface area contributed by atoms with Gasteiger partial charge in [-0.3, -0.25) is 4.79 Å². The molecule has 14 heavy (non-hydrogen) atoms. The molecule has 0 radical (unpaired) electrons. The zero-order valence-electron chi connectivity index (χ0n) is 11.4. The third kappa shape index (κ3) is 4.08. The summed E-state index contributed by atoms with van der Waals surface area (Å²) < 4.78 is 28.3. The minimum Gasteiger partial charge on any atom is -0.466 e. The van der Waals surface area contributed by atoms with Gasteiger partial charge in [-0.25, -0.2) is 0 Å². The third-order valence-electron chi connectivity index (χ3n) is 1.60. The highest BCUT2D eigenvalue weighted by Gasteiger charge is 2.04. The molecule has 0 spiro atoms. The molecule has 1 rings (SSSR count). The Morgan fingerprint density at radius 3 is 2.79 bits per heavy atom. The number of rotatable bonds is 4. The lowest BCUT2D eigenvalue weighted by Gasteiger charge is -2.10. The van der Waals surface area contributed by atoms with Crippen LogP contribution in [0.1, 0.15) is 23.5 Å². The molecule has 1 aromatic carbocycles. The van der Waals surface area contributed by atoms with Crippen LogP contribution in [0.25, 0.3) is 0 Å². The summed E-state index contributed by atoms with van der Waals surface area (Å²) in [4.78, 5) is 10.8. The number of benzene rings is 1. The number of carbonyl (C=O) groups is 1. The standard InChI is InChI=1S/C12H16O2/c1-10(9-14-11(2)13)8-12-6-4-3-5-7-12/h3-7,10H,8-9H2,1-2H3/t10-/m1/s1/i8D,9D,10D/t8-,9-,10-. The Morgan fingerprint density at radius 1 is 1.57 bits per heavy atom. The Labute approximate surface area is 89.1 Å². The maximum atomic E-state index is 10.8. The quantitative estimate of drug-likeness (QED) is 0.690. The summed E-state index contributed by atoms with van der Waals surface area (Å²) in [5.74, 6) is -2.11. The SMILES string of the molecule is [2H][C@@H](OC(C)=O)[C@]([2H])(C)[C@@H]([2H])c1ccccc1. The topological polar surface area (TPSA) is 26.3 Å². The second-order valence-electron chi connectivity index (χ2n) is 3.03. The summed E-state index contributed by atoms with van der Waals surface area (Å²) in [7, 11) is 0. The van der Waals surface area contributed by atoms with Crippen molar-refractivity contribution in [2.75, 3.05) is 6.58 Å². The lowest BCUT2D eigenvalue weighted by Crippen LogP contribution is -2.11. The van der Waals surface area contributed by atoms with Crippen molar-refractivity contribution < 1.29 is 13.6 Å². The van der Waals surface area contributed by atoms with Gasteiger partial charge in [0.25, 0.3) is 0 Å². The number of carbonyl (C=O) groups excluding carboxylic acids is 1. The molecule has 0 aliphatic heterocycles. The van der Waals surface area contributed by atoms with Crippen LogP contribution in [0.3, 0.4) is 0 Å². The Hall–Kier alpha value is -1.31. The maximum absolute atomic E-state index is 10.8. The van der Waals surface area contributed by atoms with Crippen LogP contribution in [0.4, 0.5) is 0 Å². The van der Waals surface area contributed by atoms with Gasteiger partial charge in [0, 0.05) is 9.67 Å². The van der Waals surface area contributed by atoms with Crippen LogP contribution in [-0.2, 0) is 15.9 Å². The van der Waals surface area contributed by atoms with E-state index >= 15 is 0 Å². The molecule has 2 heteroatoms. The predicted octanol–water partition coefficient (Wildman–Crippen LogP) is 2.43. The average Bonchev–Trinajstić information content (AvgIpc) is 2.28. The first-order valence-electron chi connectivity index (χ1n) is 6.08. The smallest absolute Gasteiger partial charge is 0.302 e. The van der Waals surface area contributed by atoms with Gasteiger partial charge < -0.3 is 4.74 Å². The van der Waals surface area contributed by atoms with Crippen LogP contribution in [0.5, 0.6) is 0 Å². The van der Waals surface area contributed by atoms with Gasteiger partial charge in [-0.1, -0.05) is 37.3 Å². The molecular formula is C12H16O2. The molecule has 0 N–H and O–H groups in total. The highest BCUT2D eigenvalue weighted by Crippen LogP contribution is 2.08. The summed E-state index contributed by atoms with van der Waals surface area (Å²) >= 11 is 0. The number of ether oxygens (including phenoxy) is 1. The second-order valence-corrected chi connectivity index (χ2v) is 3.03. The summed E-state index contributed by atoms with van der Waals surface area (Å²) in [5.41, 5.74) is 0.634. The molecule has 0 saturated carbocycles. The van der Waals surface area contributed by atoms with E-state index in [0.29, 0.717) is 5.56 Å². The summed E-state index contributed by atoms with van der Waals surface area (Å²) in [5, 5.41) is 0. The normalized spacial score (nSPS) is 22.0. The predicted molar refractivity (Wildman–Crippen MR) is 55.9 cm³/mol. The molecule has 1 aromatic rings. The highest BCUT2D eigenvalue weighted by atomic mass is 16.5. The first-order chi connectivity index (χ1) is 7.85. The van der Waals surface area contributed by atoms with E-state index in [9.17, 15) is 4.79 Å². The van der Waals surface area contributed by atoms with E-state index < -0.39 is 24.8 Å². The molecule has 0 aromatic heterocycles. The lowest BCUT2D eigenvalue weighted by atomic mass is 10.0. The van der Waals surface area contributed by atoms with Crippen LogP contribution >= 0.6 is 0 Å². The largest absolute Gasteiger partial charge is 0.466 e. The average molecular weight is 195 g/mol. The monoisotopic (exact) mass is 195 g/mol. The Morgan fingerprint density at radius 2 is 2.21 bits per heavy atom. The zero-order valence-corrected chi connectivity index (χ0v) is 8.36. The van der Waals surface area contributed by atoms with Crippen molar-refractivity contribution in [2.45, 2.75) is 20.2 Å². The van der Waals surface area contributed by atoms with Gasteiger partial charge in [0.1, 0.15) is 0 Å². The van der Waals surface area contributed by atoms with Gasteiger partial charge in [-0.15, -0.1) is 0 Å². The molecule has 2 nitrogen and oxygen atoms in total. The van der Waals surface area contributed by atoms with E-state index in [2.05, 4.69) is 4.74 Å². The molecule has 0 heterocycles. The van der Waals surface area contributed by atoms with Gasteiger partial charge in [0.15, 0.2) is 0 Å². The number of hydrogen-bond donors (Lipinski definition) is 0. The Bertz CT molecular complexity index is 379. The van der Waals surface area contributed by atoms with Crippen molar-refractivity contribution in [1.82, 2.24) is 0 Å². The van der Waals surface area contributed by atoms with Gasteiger partial charge >= 0.3 is 5.97 Å². The molecule has 3 atom stereocenters. The van der Waals surface area contributed by atoms with Crippen molar-refractivity contribution in [3.63, 3.8) is 0 Å². The van der Waals surface area contributed by atoms with Gasteiger partial charge in [0.2, 0.25) is 0 Å². The highest BCUT2D eigenvalue weighted by molar-refractivity contribution is 5.65. The molecule has 76 valence electrons.